The number of thiophene rings is 1. The first kappa shape index (κ1) is 17.0. The average molecular weight is 361 g/mol. The predicted octanol–water partition coefficient (Wildman–Crippen LogP) is 3.96. The first-order valence-corrected chi connectivity index (χ1v) is 9.74. The Morgan fingerprint density at radius 1 is 1.29 bits per heavy atom. The zero-order chi connectivity index (χ0) is 17.1. The molecule has 1 aliphatic rings. The van der Waals surface area contributed by atoms with Crippen LogP contribution < -0.4 is 5.32 Å². The topological polar surface area (TPSA) is 55.4 Å². The standard InChI is InChI=1S/C18H19NO3S2/c1-11-5-3-4-6-14(11)19-17(20)12(2)22-18(21)16-13-7-9-23-15(13)8-10-24-16/h3-7,9,12,16H,8,10H2,1-2H3,(H,19,20)/t12-,16-/m1/s1. The molecule has 0 saturated carbocycles. The van der Waals surface area contributed by atoms with Crippen molar-refractivity contribution in [2.24, 2.45) is 0 Å². The van der Waals surface area contributed by atoms with Crippen LogP contribution in [-0.4, -0.2) is 23.7 Å². The minimum atomic E-state index is -0.832. The Balaban J connectivity index is 1.63. The molecule has 2 atom stereocenters. The van der Waals surface area contributed by atoms with Gasteiger partial charge < -0.3 is 10.1 Å². The minimum absolute atomic E-state index is 0.316. The molecule has 0 aliphatic carbocycles. The highest BCUT2D eigenvalue weighted by atomic mass is 32.2. The molecule has 3 rings (SSSR count). The van der Waals surface area contributed by atoms with Gasteiger partial charge in [0.1, 0.15) is 5.25 Å². The average Bonchev–Trinajstić information content (AvgIpc) is 3.05. The zero-order valence-corrected chi connectivity index (χ0v) is 15.2. The number of carbonyl (C=O) groups is 2. The van der Waals surface area contributed by atoms with Gasteiger partial charge in [-0.25, -0.2) is 0 Å². The number of hydrogen-bond donors (Lipinski definition) is 1. The van der Waals surface area contributed by atoms with Crippen molar-refractivity contribution in [2.45, 2.75) is 31.6 Å². The summed E-state index contributed by atoms with van der Waals surface area (Å²) < 4.78 is 5.42. The van der Waals surface area contributed by atoms with E-state index in [4.69, 9.17) is 4.74 Å². The number of ether oxygens (including phenoxy) is 1. The van der Waals surface area contributed by atoms with Crippen molar-refractivity contribution < 1.29 is 14.3 Å². The third-order valence-corrected chi connectivity index (χ3v) is 6.17. The number of para-hydroxylation sites is 1. The number of amides is 1. The zero-order valence-electron chi connectivity index (χ0n) is 13.6. The quantitative estimate of drug-likeness (QED) is 0.838. The molecule has 4 nitrogen and oxygen atoms in total. The van der Waals surface area contributed by atoms with Gasteiger partial charge in [-0.15, -0.1) is 23.1 Å². The lowest BCUT2D eigenvalue weighted by molar-refractivity contribution is -0.152. The number of nitrogens with one attached hydrogen (secondary N) is 1. The van der Waals surface area contributed by atoms with E-state index in [2.05, 4.69) is 5.32 Å². The fourth-order valence-corrected chi connectivity index (χ4v) is 4.85. The number of aryl methyl sites for hydroxylation is 2. The number of anilines is 1. The Kier molecular flexibility index (Phi) is 5.26. The van der Waals surface area contributed by atoms with E-state index >= 15 is 0 Å². The molecule has 0 spiro atoms. The molecule has 24 heavy (non-hydrogen) atoms. The monoisotopic (exact) mass is 361 g/mol. The number of thioether (sulfide) groups is 1. The van der Waals surface area contributed by atoms with Crippen LogP contribution in [0.2, 0.25) is 0 Å². The summed E-state index contributed by atoms with van der Waals surface area (Å²) in [4.78, 5) is 26.0. The normalized spacial score (nSPS) is 17.7. The van der Waals surface area contributed by atoms with Crippen LogP contribution in [0.25, 0.3) is 0 Å². The number of carbonyl (C=O) groups excluding carboxylic acids is 2. The molecule has 6 heteroatoms. The van der Waals surface area contributed by atoms with Crippen LogP contribution in [0.4, 0.5) is 5.69 Å². The summed E-state index contributed by atoms with van der Waals surface area (Å²) in [6.45, 7) is 3.52. The van der Waals surface area contributed by atoms with Crippen molar-refractivity contribution >= 4 is 40.7 Å². The van der Waals surface area contributed by atoms with E-state index in [0.717, 1.165) is 29.0 Å². The van der Waals surface area contributed by atoms with Gasteiger partial charge in [0.15, 0.2) is 6.10 Å². The van der Waals surface area contributed by atoms with Crippen LogP contribution in [0.5, 0.6) is 0 Å². The Morgan fingerprint density at radius 3 is 2.88 bits per heavy atom. The molecule has 0 radical (unpaired) electrons. The first-order chi connectivity index (χ1) is 11.6. The number of benzene rings is 1. The summed E-state index contributed by atoms with van der Waals surface area (Å²) in [5.41, 5.74) is 2.74. The van der Waals surface area contributed by atoms with Crippen LogP contribution in [0.15, 0.2) is 35.7 Å². The van der Waals surface area contributed by atoms with Gasteiger partial charge in [0.25, 0.3) is 5.91 Å². The van der Waals surface area contributed by atoms with E-state index < -0.39 is 6.10 Å². The first-order valence-electron chi connectivity index (χ1n) is 7.81. The van der Waals surface area contributed by atoms with Gasteiger partial charge in [0.05, 0.1) is 0 Å². The largest absolute Gasteiger partial charge is 0.451 e. The fourth-order valence-electron chi connectivity index (χ4n) is 2.58. The Bertz CT molecular complexity index is 756. The summed E-state index contributed by atoms with van der Waals surface area (Å²) in [6.07, 6.45) is 0.159. The molecule has 126 valence electrons. The van der Waals surface area contributed by atoms with Crippen LogP contribution in [-0.2, 0) is 20.7 Å². The van der Waals surface area contributed by atoms with E-state index in [-0.39, 0.29) is 17.1 Å². The van der Waals surface area contributed by atoms with Gasteiger partial charge in [-0.05, 0) is 54.7 Å². The molecule has 1 amide bonds. The van der Waals surface area contributed by atoms with Gasteiger partial charge in [-0.3, -0.25) is 9.59 Å². The summed E-state index contributed by atoms with van der Waals surface area (Å²) in [7, 11) is 0. The molecule has 0 saturated heterocycles. The summed E-state index contributed by atoms with van der Waals surface area (Å²) >= 11 is 3.25. The van der Waals surface area contributed by atoms with Crippen molar-refractivity contribution in [3.05, 3.63) is 51.7 Å². The van der Waals surface area contributed by atoms with Gasteiger partial charge in [0, 0.05) is 10.6 Å². The van der Waals surface area contributed by atoms with Crippen molar-refractivity contribution in [3.8, 4) is 0 Å². The third kappa shape index (κ3) is 3.65. The fraction of sp³-hybridized carbons (Fsp3) is 0.333. The van der Waals surface area contributed by atoms with E-state index in [1.54, 1.807) is 30.0 Å². The third-order valence-electron chi connectivity index (χ3n) is 3.96. The molecule has 0 unspecified atom stereocenters. The van der Waals surface area contributed by atoms with E-state index in [9.17, 15) is 9.59 Å². The second-order valence-corrected chi connectivity index (χ2v) is 7.90. The van der Waals surface area contributed by atoms with Crippen LogP contribution in [0.3, 0.4) is 0 Å². The number of fused-ring (bicyclic) bond motifs is 1. The van der Waals surface area contributed by atoms with Crippen LogP contribution in [0, 0.1) is 6.92 Å². The summed E-state index contributed by atoms with van der Waals surface area (Å²) in [5, 5.41) is 4.49. The van der Waals surface area contributed by atoms with Crippen LogP contribution in [0.1, 0.15) is 28.2 Å². The maximum absolute atomic E-state index is 12.5. The SMILES string of the molecule is Cc1ccccc1NC(=O)[C@@H](C)OC(=O)[C@@H]1SCCc2sccc21. The molecule has 1 aliphatic heterocycles. The Hall–Kier alpha value is -1.79. The number of hydrogen-bond acceptors (Lipinski definition) is 5. The molecular formula is C18H19NO3S2. The van der Waals surface area contributed by atoms with Gasteiger partial charge in [-0.2, -0.15) is 0 Å². The second kappa shape index (κ2) is 7.40. The van der Waals surface area contributed by atoms with Crippen LogP contribution >= 0.6 is 23.1 Å². The van der Waals surface area contributed by atoms with Crippen molar-refractivity contribution in [2.75, 3.05) is 11.1 Å². The number of esters is 1. The van der Waals surface area contributed by atoms with E-state index in [0.29, 0.717) is 0 Å². The molecule has 2 aromatic rings. The molecule has 0 bridgehead atoms. The lowest BCUT2D eigenvalue weighted by Gasteiger charge is -2.22. The molecular weight excluding hydrogens is 342 g/mol. The molecule has 1 aromatic heterocycles. The highest BCUT2D eigenvalue weighted by Gasteiger charge is 2.31. The van der Waals surface area contributed by atoms with Crippen molar-refractivity contribution in [3.63, 3.8) is 0 Å². The summed E-state index contributed by atoms with van der Waals surface area (Å²) in [5.74, 6) is 0.243. The number of rotatable bonds is 4. The minimum Gasteiger partial charge on any atom is -0.451 e. The lowest BCUT2D eigenvalue weighted by Crippen LogP contribution is -2.32. The maximum atomic E-state index is 12.5. The predicted molar refractivity (Wildman–Crippen MR) is 98.6 cm³/mol. The molecule has 1 aromatic carbocycles. The second-order valence-electron chi connectivity index (χ2n) is 5.68. The lowest BCUT2D eigenvalue weighted by atomic mass is 10.1. The maximum Gasteiger partial charge on any atom is 0.324 e. The van der Waals surface area contributed by atoms with E-state index in [1.807, 2.05) is 42.6 Å². The van der Waals surface area contributed by atoms with Gasteiger partial charge in [-0.1, -0.05) is 18.2 Å². The van der Waals surface area contributed by atoms with Crippen molar-refractivity contribution in [1.82, 2.24) is 0 Å². The smallest absolute Gasteiger partial charge is 0.324 e. The van der Waals surface area contributed by atoms with E-state index in [1.165, 1.54) is 4.88 Å². The van der Waals surface area contributed by atoms with Gasteiger partial charge in [0.2, 0.25) is 0 Å². The van der Waals surface area contributed by atoms with Gasteiger partial charge >= 0.3 is 5.97 Å². The highest BCUT2D eigenvalue weighted by molar-refractivity contribution is 8.00. The van der Waals surface area contributed by atoms with Crippen molar-refractivity contribution in [1.29, 1.82) is 0 Å². The molecule has 2 heterocycles. The Morgan fingerprint density at radius 2 is 2.08 bits per heavy atom. The molecule has 1 N–H and O–H groups in total. The highest BCUT2D eigenvalue weighted by Crippen LogP contribution is 2.40. The Labute approximate surface area is 149 Å². The summed E-state index contributed by atoms with van der Waals surface area (Å²) in [6, 6.07) is 9.50. The molecule has 0 fully saturated rings.